The third kappa shape index (κ3) is 5.52. The Morgan fingerprint density at radius 1 is 1.24 bits per heavy atom. The molecule has 0 aliphatic carbocycles. The Morgan fingerprint density at radius 2 is 1.84 bits per heavy atom. The van der Waals surface area contributed by atoms with E-state index in [4.69, 9.17) is 5.73 Å². The van der Waals surface area contributed by atoms with Crippen LogP contribution in [0, 0.1) is 12.8 Å². The van der Waals surface area contributed by atoms with Gasteiger partial charge in [0.2, 0.25) is 10.0 Å². The summed E-state index contributed by atoms with van der Waals surface area (Å²) in [6, 6.07) is 4.55. The molecular weight excluding hydrogens is 338 g/mol. The molecule has 0 spiro atoms. The van der Waals surface area contributed by atoms with Gasteiger partial charge in [0.1, 0.15) is 0 Å². The molecule has 0 aromatic heterocycles. The highest BCUT2D eigenvalue weighted by atomic mass is 32.2. The van der Waals surface area contributed by atoms with Crippen LogP contribution in [0.15, 0.2) is 23.1 Å². The van der Waals surface area contributed by atoms with Crippen LogP contribution in [0.25, 0.3) is 0 Å². The van der Waals surface area contributed by atoms with Gasteiger partial charge in [-0.3, -0.25) is 4.79 Å². The first-order valence-electron chi connectivity index (χ1n) is 8.79. The highest BCUT2D eigenvalue weighted by molar-refractivity contribution is 7.89. The molecule has 1 amide bonds. The van der Waals surface area contributed by atoms with Crippen LogP contribution in [-0.2, 0) is 10.0 Å². The maximum Gasteiger partial charge on any atom is 0.251 e. The molecular formula is C18H31N3O3S. The molecule has 142 valence electrons. The van der Waals surface area contributed by atoms with Crippen LogP contribution in [0.5, 0.6) is 0 Å². The number of nitrogens with two attached hydrogens (primary N) is 1. The molecule has 0 aliphatic heterocycles. The minimum absolute atomic E-state index is 0.130. The smallest absolute Gasteiger partial charge is 0.251 e. The fraction of sp³-hybridized carbons (Fsp3) is 0.611. The van der Waals surface area contributed by atoms with Crippen molar-refractivity contribution in [2.45, 2.75) is 52.0 Å². The normalized spacial score (nSPS) is 13.3. The second kappa shape index (κ2) is 9.31. The van der Waals surface area contributed by atoms with Gasteiger partial charge in [0.15, 0.2) is 0 Å². The number of hydrogen-bond donors (Lipinski definition) is 2. The van der Waals surface area contributed by atoms with E-state index in [1.165, 1.54) is 10.4 Å². The van der Waals surface area contributed by atoms with E-state index in [1.54, 1.807) is 32.9 Å². The van der Waals surface area contributed by atoms with E-state index in [0.717, 1.165) is 12.0 Å². The molecule has 0 saturated heterocycles. The van der Waals surface area contributed by atoms with Crippen molar-refractivity contribution in [2.24, 2.45) is 11.7 Å². The number of carbonyl (C=O) groups excluding carboxylic acids is 1. The Labute approximate surface area is 151 Å². The molecule has 1 aromatic carbocycles. The SMILES string of the molecule is CCN(CC)S(=O)(=O)c1ccc(C)c(C(=O)NC(CN)CC(C)C)c1. The second-order valence-corrected chi connectivity index (χ2v) is 8.54. The summed E-state index contributed by atoms with van der Waals surface area (Å²) in [6.07, 6.45) is 0.777. The topological polar surface area (TPSA) is 92.5 Å². The van der Waals surface area contributed by atoms with Crippen molar-refractivity contribution in [3.05, 3.63) is 29.3 Å². The van der Waals surface area contributed by atoms with Crippen LogP contribution < -0.4 is 11.1 Å². The first-order chi connectivity index (χ1) is 11.7. The summed E-state index contributed by atoms with van der Waals surface area (Å²) in [5.74, 6) is 0.120. The lowest BCUT2D eigenvalue weighted by atomic mass is 10.0. The van der Waals surface area contributed by atoms with E-state index < -0.39 is 10.0 Å². The van der Waals surface area contributed by atoms with Gasteiger partial charge in [-0.1, -0.05) is 33.8 Å². The van der Waals surface area contributed by atoms with E-state index in [-0.39, 0.29) is 16.8 Å². The van der Waals surface area contributed by atoms with Crippen molar-refractivity contribution in [1.29, 1.82) is 0 Å². The number of aryl methyl sites for hydroxylation is 1. The molecule has 0 heterocycles. The molecule has 1 aromatic rings. The van der Waals surface area contributed by atoms with Crippen LogP contribution >= 0.6 is 0 Å². The molecule has 25 heavy (non-hydrogen) atoms. The Balaban J connectivity index is 3.15. The first-order valence-corrected chi connectivity index (χ1v) is 10.2. The summed E-state index contributed by atoms with van der Waals surface area (Å²) in [6.45, 7) is 10.6. The fourth-order valence-electron chi connectivity index (χ4n) is 2.77. The zero-order chi connectivity index (χ0) is 19.2. The summed E-state index contributed by atoms with van der Waals surface area (Å²) in [5.41, 5.74) is 6.85. The van der Waals surface area contributed by atoms with E-state index in [2.05, 4.69) is 19.2 Å². The lowest BCUT2D eigenvalue weighted by Gasteiger charge is -2.21. The third-order valence-electron chi connectivity index (χ3n) is 4.17. The van der Waals surface area contributed by atoms with Crippen molar-refractivity contribution in [2.75, 3.05) is 19.6 Å². The number of hydrogen-bond acceptors (Lipinski definition) is 4. The van der Waals surface area contributed by atoms with E-state index in [9.17, 15) is 13.2 Å². The lowest BCUT2D eigenvalue weighted by Crippen LogP contribution is -2.41. The van der Waals surface area contributed by atoms with Crippen LogP contribution in [-0.4, -0.2) is 44.3 Å². The standard InChI is InChI=1S/C18H31N3O3S/c1-6-21(7-2)25(23,24)16-9-8-14(5)17(11-16)18(22)20-15(12-19)10-13(3)4/h8-9,11,13,15H,6-7,10,12,19H2,1-5H3,(H,20,22). The fourth-order valence-corrected chi connectivity index (χ4v) is 4.25. The van der Waals surface area contributed by atoms with Crippen LogP contribution in [0.1, 0.15) is 50.0 Å². The molecule has 0 radical (unpaired) electrons. The maximum atomic E-state index is 12.7. The minimum Gasteiger partial charge on any atom is -0.348 e. The zero-order valence-corrected chi connectivity index (χ0v) is 16.7. The predicted molar refractivity (Wildman–Crippen MR) is 101 cm³/mol. The van der Waals surface area contributed by atoms with Crippen molar-refractivity contribution in [3.8, 4) is 0 Å². The van der Waals surface area contributed by atoms with E-state index >= 15 is 0 Å². The highest BCUT2D eigenvalue weighted by Gasteiger charge is 2.24. The summed E-state index contributed by atoms with van der Waals surface area (Å²) < 4.78 is 26.7. The summed E-state index contributed by atoms with van der Waals surface area (Å²) >= 11 is 0. The van der Waals surface area contributed by atoms with Gasteiger partial charge in [0.25, 0.3) is 5.91 Å². The van der Waals surface area contributed by atoms with Crippen molar-refractivity contribution in [3.63, 3.8) is 0 Å². The molecule has 0 aliphatic rings. The molecule has 6 nitrogen and oxygen atoms in total. The predicted octanol–water partition coefficient (Wildman–Crippen LogP) is 2.13. The number of carbonyl (C=O) groups is 1. The van der Waals surface area contributed by atoms with Gasteiger partial charge < -0.3 is 11.1 Å². The van der Waals surface area contributed by atoms with Crippen LogP contribution in [0.2, 0.25) is 0 Å². The van der Waals surface area contributed by atoms with Crippen LogP contribution in [0.4, 0.5) is 0 Å². The molecule has 1 atom stereocenters. The van der Waals surface area contributed by atoms with E-state index in [0.29, 0.717) is 31.1 Å². The molecule has 1 unspecified atom stereocenters. The van der Waals surface area contributed by atoms with Gasteiger partial charge in [-0.2, -0.15) is 4.31 Å². The number of rotatable bonds is 9. The van der Waals surface area contributed by atoms with Gasteiger partial charge in [0, 0.05) is 31.2 Å². The highest BCUT2D eigenvalue weighted by Crippen LogP contribution is 2.20. The van der Waals surface area contributed by atoms with Gasteiger partial charge in [-0.25, -0.2) is 8.42 Å². The maximum absolute atomic E-state index is 12.7. The summed E-state index contributed by atoms with van der Waals surface area (Å²) in [5, 5.41) is 2.92. The number of nitrogens with one attached hydrogen (secondary N) is 1. The van der Waals surface area contributed by atoms with E-state index in [1.807, 2.05) is 0 Å². The minimum atomic E-state index is -3.60. The molecule has 0 bridgehead atoms. The number of sulfonamides is 1. The lowest BCUT2D eigenvalue weighted by molar-refractivity contribution is 0.0933. The van der Waals surface area contributed by atoms with Crippen molar-refractivity contribution in [1.82, 2.24) is 9.62 Å². The average molecular weight is 370 g/mol. The Kier molecular flexibility index (Phi) is 8.05. The van der Waals surface area contributed by atoms with Crippen LogP contribution in [0.3, 0.4) is 0 Å². The quantitative estimate of drug-likeness (QED) is 0.697. The molecule has 7 heteroatoms. The molecule has 0 saturated carbocycles. The van der Waals surface area contributed by atoms with Gasteiger partial charge in [0.05, 0.1) is 4.90 Å². The van der Waals surface area contributed by atoms with Gasteiger partial charge in [-0.15, -0.1) is 0 Å². The summed E-state index contributed by atoms with van der Waals surface area (Å²) in [4.78, 5) is 12.8. The molecule has 1 rings (SSSR count). The average Bonchev–Trinajstić information content (AvgIpc) is 2.54. The first kappa shape index (κ1) is 21.6. The van der Waals surface area contributed by atoms with Gasteiger partial charge >= 0.3 is 0 Å². The Morgan fingerprint density at radius 3 is 2.32 bits per heavy atom. The van der Waals surface area contributed by atoms with Crippen molar-refractivity contribution >= 4 is 15.9 Å². The number of nitrogens with zero attached hydrogens (tertiary/aromatic N) is 1. The zero-order valence-electron chi connectivity index (χ0n) is 15.9. The molecule has 3 N–H and O–H groups in total. The Hall–Kier alpha value is -1.44. The molecule has 0 fully saturated rings. The summed E-state index contributed by atoms with van der Waals surface area (Å²) in [7, 11) is -3.60. The second-order valence-electron chi connectivity index (χ2n) is 6.60. The largest absolute Gasteiger partial charge is 0.348 e. The van der Waals surface area contributed by atoms with Crippen molar-refractivity contribution < 1.29 is 13.2 Å². The number of benzene rings is 1. The third-order valence-corrected chi connectivity index (χ3v) is 6.22. The number of amides is 1. The Bertz CT molecular complexity index is 683. The van der Waals surface area contributed by atoms with Gasteiger partial charge in [-0.05, 0) is 37.0 Å². The monoisotopic (exact) mass is 369 g/mol.